The maximum atomic E-state index is 5.02. The predicted molar refractivity (Wildman–Crippen MR) is 41.6 cm³/mol. The molecular formula is C8H16O2. The lowest BCUT2D eigenvalue weighted by Crippen LogP contribution is -1.85. The van der Waals surface area contributed by atoms with Gasteiger partial charge >= 0.3 is 0 Å². The molecule has 0 radical (unpaired) electrons. The fourth-order valence-corrected chi connectivity index (χ4v) is 0.450. The molecule has 2 nitrogen and oxygen atoms in total. The van der Waals surface area contributed by atoms with E-state index < -0.39 is 0 Å². The van der Waals surface area contributed by atoms with Gasteiger partial charge in [0.05, 0.1) is 13.2 Å². The third-order valence-electron chi connectivity index (χ3n) is 0.892. The lowest BCUT2D eigenvalue weighted by Gasteiger charge is -1.97. The highest BCUT2D eigenvalue weighted by molar-refractivity contribution is 4.60. The zero-order chi connectivity index (χ0) is 7.66. The van der Waals surface area contributed by atoms with E-state index in [0.29, 0.717) is 0 Å². The van der Waals surface area contributed by atoms with E-state index in [2.05, 4.69) is 13.8 Å². The molecule has 0 spiro atoms. The molecule has 0 aliphatic carbocycles. The van der Waals surface area contributed by atoms with Crippen molar-refractivity contribution in [1.82, 2.24) is 0 Å². The van der Waals surface area contributed by atoms with Gasteiger partial charge in [-0.05, 0) is 12.8 Å². The molecule has 0 N–H and O–H groups in total. The second-order valence-electron chi connectivity index (χ2n) is 2.01. The number of hydrogen-bond acceptors (Lipinski definition) is 2. The van der Waals surface area contributed by atoms with Crippen LogP contribution in [-0.4, -0.2) is 13.2 Å². The third kappa shape index (κ3) is 7.34. The van der Waals surface area contributed by atoms with Gasteiger partial charge in [0.25, 0.3) is 0 Å². The summed E-state index contributed by atoms with van der Waals surface area (Å²) in [6, 6.07) is 0. The Morgan fingerprint density at radius 1 is 0.900 bits per heavy atom. The first-order valence-electron chi connectivity index (χ1n) is 3.80. The van der Waals surface area contributed by atoms with Crippen LogP contribution in [-0.2, 0) is 9.47 Å². The van der Waals surface area contributed by atoms with Gasteiger partial charge in [-0.15, -0.1) is 0 Å². The Balaban J connectivity index is 2.89. The molecule has 0 aromatic rings. The average molecular weight is 144 g/mol. The van der Waals surface area contributed by atoms with Crippen molar-refractivity contribution in [1.29, 1.82) is 0 Å². The summed E-state index contributed by atoms with van der Waals surface area (Å²) in [4.78, 5) is 0. The lowest BCUT2D eigenvalue weighted by atomic mass is 10.5. The van der Waals surface area contributed by atoms with E-state index >= 15 is 0 Å². The Bertz CT molecular complexity index is 69.3. The molecular weight excluding hydrogens is 128 g/mol. The number of hydrogen-bond donors (Lipinski definition) is 0. The van der Waals surface area contributed by atoms with Crippen molar-refractivity contribution in [3.8, 4) is 0 Å². The maximum absolute atomic E-state index is 5.02. The van der Waals surface area contributed by atoms with E-state index in [1.165, 1.54) is 0 Å². The fraction of sp³-hybridized carbons (Fsp3) is 0.750. The molecule has 0 saturated heterocycles. The average Bonchev–Trinajstić information content (AvgIpc) is 1.97. The van der Waals surface area contributed by atoms with Gasteiger partial charge in [0.2, 0.25) is 0 Å². The molecule has 60 valence electrons. The van der Waals surface area contributed by atoms with E-state index in [9.17, 15) is 0 Å². The molecule has 10 heavy (non-hydrogen) atoms. The number of rotatable bonds is 6. The highest BCUT2D eigenvalue weighted by Gasteiger charge is 1.76. The van der Waals surface area contributed by atoms with Gasteiger partial charge in [-0.1, -0.05) is 13.8 Å². The Kier molecular flexibility index (Phi) is 7.79. The molecule has 0 rings (SSSR count). The number of ether oxygens (including phenoxy) is 2. The zero-order valence-electron chi connectivity index (χ0n) is 6.80. The molecule has 0 unspecified atom stereocenters. The van der Waals surface area contributed by atoms with Crippen molar-refractivity contribution >= 4 is 0 Å². The van der Waals surface area contributed by atoms with Crippen molar-refractivity contribution in [2.45, 2.75) is 26.7 Å². The summed E-state index contributed by atoms with van der Waals surface area (Å²) in [7, 11) is 0. The van der Waals surface area contributed by atoms with Crippen molar-refractivity contribution in [3.63, 3.8) is 0 Å². The zero-order valence-corrected chi connectivity index (χ0v) is 6.80. The van der Waals surface area contributed by atoms with Crippen LogP contribution in [0.15, 0.2) is 12.5 Å². The standard InChI is InChI=1S/C8H16O2/c1-3-5-9-7-8-10-6-4-2/h7-8H,3-6H2,1-2H3/b8-7+. The molecule has 0 bridgehead atoms. The normalized spacial score (nSPS) is 10.2. The second kappa shape index (κ2) is 8.34. The van der Waals surface area contributed by atoms with E-state index in [-0.39, 0.29) is 0 Å². The minimum Gasteiger partial charge on any atom is -0.498 e. The highest BCUT2D eigenvalue weighted by Crippen LogP contribution is 1.84. The maximum Gasteiger partial charge on any atom is 0.117 e. The molecule has 0 atom stereocenters. The quantitative estimate of drug-likeness (QED) is 0.420. The van der Waals surface area contributed by atoms with E-state index in [4.69, 9.17) is 9.47 Å². The van der Waals surface area contributed by atoms with Crippen LogP contribution in [0.25, 0.3) is 0 Å². The van der Waals surface area contributed by atoms with Gasteiger partial charge in [0.1, 0.15) is 12.5 Å². The Labute approximate surface area is 62.8 Å². The van der Waals surface area contributed by atoms with E-state index in [0.717, 1.165) is 26.1 Å². The molecule has 0 aromatic carbocycles. The summed E-state index contributed by atoms with van der Waals surface area (Å²) >= 11 is 0. The first-order valence-corrected chi connectivity index (χ1v) is 3.80. The van der Waals surface area contributed by atoms with Gasteiger partial charge in [-0.25, -0.2) is 0 Å². The predicted octanol–water partition coefficient (Wildman–Crippen LogP) is 2.31. The minimum atomic E-state index is 0.770. The smallest absolute Gasteiger partial charge is 0.117 e. The molecule has 0 heterocycles. The lowest BCUT2D eigenvalue weighted by molar-refractivity contribution is 0.204. The van der Waals surface area contributed by atoms with Gasteiger partial charge in [0, 0.05) is 0 Å². The Morgan fingerprint density at radius 2 is 1.30 bits per heavy atom. The first-order chi connectivity index (χ1) is 4.91. The van der Waals surface area contributed by atoms with Crippen LogP contribution in [0, 0.1) is 0 Å². The highest BCUT2D eigenvalue weighted by atomic mass is 16.5. The Hall–Kier alpha value is -0.660. The van der Waals surface area contributed by atoms with E-state index in [1.54, 1.807) is 12.5 Å². The van der Waals surface area contributed by atoms with Gasteiger partial charge < -0.3 is 9.47 Å². The molecule has 0 fully saturated rings. The summed E-state index contributed by atoms with van der Waals surface area (Å²) in [5.74, 6) is 0. The van der Waals surface area contributed by atoms with Crippen LogP contribution >= 0.6 is 0 Å². The van der Waals surface area contributed by atoms with Crippen molar-refractivity contribution in [2.75, 3.05) is 13.2 Å². The van der Waals surface area contributed by atoms with Crippen LogP contribution in [0.1, 0.15) is 26.7 Å². The van der Waals surface area contributed by atoms with Crippen LogP contribution in [0.2, 0.25) is 0 Å². The summed E-state index contributed by atoms with van der Waals surface area (Å²) in [6.07, 6.45) is 5.27. The first kappa shape index (κ1) is 9.34. The molecule has 2 heteroatoms. The van der Waals surface area contributed by atoms with Gasteiger partial charge in [0.15, 0.2) is 0 Å². The van der Waals surface area contributed by atoms with Crippen LogP contribution in [0.4, 0.5) is 0 Å². The van der Waals surface area contributed by atoms with Crippen molar-refractivity contribution in [2.24, 2.45) is 0 Å². The monoisotopic (exact) mass is 144 g/mol. The van der Waals surface area contributed by atoms with Gasteiger partial charge in [-0.3, -0.25) is 0 Å². The fourth-order valence-electron chi connectivity index (χ4n) is 0.450. The van der Waals surface area contributed by atoms with Gasteiger partial charge in [-0.2, -0.15) is 0 Å². The van der Waals surface area contributed by atoms with Crippen molar-refractivity contribution in [3.05, 3.63) is 12.5 Å². The molecule has 0 aliphatic rings. The summed E-state index contributed by atoms with van der Waals surface area (Å²) in [5.41, 5.74) is 0. The van der Waals surface area contributed by atoms with Crippen molar-refractivity contribution < 1.29 is 9.47 Å². The van der Waals surface area contributed by atoms with Crippen LogP contribution in [0.5, 0.6) is 0 Å². The topological polar surface area (TPSA) is 18.5 Å². The Morgan fingerprint density at radius 3 is 1.60 bits per heavy atom. The minimum absolute atomic E-state index is 0.770. The van der Waals surface area contributed by atoms with Crippen LogP contribution in [0.3, 0.4) is 0 Å². The molecule has 0 aliphatic heterocycles. The molecule has 0 aromatic heterocycles. The SMILES string of the molecule is CCCO/C=C/OCCC. The molecule has 0 amide bonds. The second-order valence-corrected chi connectivity index (χ2v) is 2.01. The summed E-state index contributed by atoms with van der Waals surface area (Å²) < 4.78 is 10.0. The summed E-state index contributed by atoms with van der Waals surface area (Å²) in [6.45, 7) is 5.68. The third-order valence-corrected chi connectivity index (χ3v) is 0.892. The molecule has 0 saturated carbocycles. The summed E-state index contributed by atoms with van der Waals surface area (Å²) in [5, 5.41) is 0. The largest absolute Gasteiger partial charge is 0.498 e. The van der Waals surface area contributed by atoms with E-state index in [1.807, 2.05) is 0 Å². The van der Waals surface area contributed by atoms with Crippen LogP contribution < -0.4 is 0 Å².